The van der Waals surface area contributed by atoms with Crippen molar-refractivity contribution in [3.05, 3.63) is 64.4 Å². The number of carbonyl (C=O) groups excluding carboxylic acids is 3. The number of carbonyl (C=O) groups is 3. The first kappa shape index (κ1) is 22.8. The lowest BCUT2D eigenvalue weighted by Crippen LogP contribution is -2.43. The number of nitriles is 1. The van der Waals surface area contributed by atoms with E-state index in [1.54, 1.807) is 43.3 Å². The van der Waals surface area contributed by atoms with Crippen LogP contribution in [0.25, 0.3) is 17.4 Å². The number of nitrogens with zero attached hydrogens (tertiary/aromatic N) is 2. The zero-order valence-electron chi connectivity index (χ0n) is 18.3. The number of imide groups is 1. The van der Waals surface area contributed by atoms with E-state index in [-0.39, 0.29) is 17.7 Å². The molecule has 7 heteroatoms. The Labute approximate surface area is 186 Å². The molecular formula is C25H24N2O5. The van der Waals surface area contributed by atoms with Crippen molar-refractivity contribution < 1.29 is 23.5 Å². The van der Waals surface area contributed by atoms with Gasteiger partial charge in [-0.25, -0.2) is 4.79 Å². The van der Waals surface area contributed by atoms with Gasteiger partial charge in [0.1, 0.15) is 23.2 Å². The lowest BCUT2D eigenvalue weighted by atomic mass is 9.94. The van der Waals surface area contributed by atoms with Crippen LogP contribution >= 0.6 is 0 Å². The molecule has 0 aliphatic carbocycles. The Bertz CT molecular complexity index is 1160. The molecule has 1 aromatic heterocycles. The predicted octanol–water partition coefficient (Wildman–Crippen LogP) is 4.52. The van der Waals surface area contributed by atoms with Crippen molar-refractivity contribution >= 4 is 23.9 Å². The molecule has 32 heavy (non-hydrogen) atoms. The monoisotopic (exact) mass is 432 g/mol. The fourth-order valence-electron chi connectivity index (χ4n) is 3.36. The molecule has 0 radical (unpaired) electrons. The number of esters is 1. The Hall–Kier alpha value is -3.92. The Balaban J connectivity index is 1.94. The highest BCUT2D eigenvalue weighted by molar-refractivity contribution is 6.19. The van der Waals surface area contributed by atoms with Crippen LogP contribution in [0.3, 0.4) is 0 Å². The maximum absolute atomic E-state index is 12.9. The van der Waals surface area contributed by atoms with E-state index in [4.69, 9.17) is 9.15 Å². The van der Waals surface area contributed by atoms with Gasteiger partial charge in [-0.2, -0.15) is 5.26 Å². The summed E-state index contributed by atoms with van der Waals surface area (Å²) in [6.45, 7) is 5.95. The van der Waals surface area contributed by atoms with Gasteiger partial charge in [0.25, 0.3) is 11.8 Å². The SMILES string of the molecule is CCCOC(=O)c1cccc(-c2ccc(C=C3C(=O)N(CCC)C(=O)C(C#N)=C3C)o2)c1. The molecule has 7 nitrogen and oxygen atoms in total. The summed E-state index contributed by atoms with van der Waals surface area (Å²) in [6.07, 6.45) is 2.86. The molecule has 2 aromatic rings. The average molecular weight is 432 g/mol. The molecule has 0 fully saturated rings. The minimum atomic E-state index is -0.569. The predicted molar refractivity (Wildman–Crippen MR) is 118 cm³/mol. The highest BCUT2D eigenvalue weighted by Gasteiger charge is 2.35. The second-order valence-electron chi connectivity index (χ2n) is 7.35. The minimum absolute atomic E-state index is 0.0469. The van der Waals surface area contributed by atoms with E-state index >= 15 is 0 Å². The summed E-state index contributed by atoms with van der Waals surface area (Å²) in [6, 6.07) is 12.2. The van der Waals surface area contributed by atoms with E-state index in [2.05, 4.69) is 0 Å². The summed E-state index contributed by atoms with van der Waals surface area (Å²) in [4.78, 5) is 38.6. The summed E-state index contributed by atoms with van der Waals surface area (Å²) in [5.74, 6) is -0.521. The van der Waals surface area contributed by atoms with Gasteiger partial charge in [0, 0.05) is 17.7 Å². The van der Waals surface area contributed by atoms with Gasteiger partial charge in [-0.05, 0) is 55.7 Å². The first-order valence-corrected chi connectivity index (χ1v) is 10.5. The quantitative estimate of drug-likeness (QED) is 0.362. The summed E-state index contributed by atoms with van der Waals surface area (Å²) in [7, 11) is 0. The van der Waals surface area contributed by atoms with Crippen molar-refractivity contribution in [2.45, 2.75) is 33.6 Å². The van der Waals surface area contributed by atoms with Crippen LogP contribution in [0.5, 0.6) is 0 Å². The van der Waals surface area contributed by atoms with Crippen LogP contribution in [-0.4, -0.2) is 35.8 Å². The minimum Gasteiger partial charge on any atom is -0.462 e. The standard InChI is InChI=1S/C25H24N2O5/c1-4-11-27-23(28)20(16(3)21(15-26)24(27)29)14-19-9-10-22(32-19)17-7-6-8-18(13-17)25(30)31-12-5-2/h6-10,13-14H,4-5,11-12H2,1-3H3. The maximum atomic E-state index is 12.9. The number of furan rings is 1. The van der Waals surface area contributed by atoms with E-state index in [0.717, 1.165) is 11.3 Å². The smallest absolute Gasteiger partial charge is 0.338 e. The third-order valence-corrected chi connectivity index (χ3v) is 5.01. The average Bonchev–Trinajstić information content (AvgIpc) is 3.27. The number of rotatable bonds is 7. The van der Waals surface area contributed by atoms with Crippen LogP contribution in [0.1, 0.15) is 49.7 Å². The van der Waals surface area contributed by atoms with E-state index in [9.17, 15) is 19.6 Å². The first-order valence-electron chi connectivity index (χ1n) is 10.5. The van der Waals surface area contributed by atoms with E-state index < -0.39 is 17.8 Å². The second kappa shape index (κ2) is 9.92. The second-order valence-corrected chi connectivity index (χ2v) is 7.35. The van der Waals surface area contributed by atoms with Crippen LogP contribution in [0.15, 0.2) is 57.5 Å². The first-order chi connectivity index (χ1) is 15.4. The molecule has 0 N–H and O–H groups in total. The summed E-state index contributed by atoms with van der Waals surface area (Å²) >= 11 is 0. The zero-order chi connectivity index (χ0) is 23.3. The topological polar surface area (TPSA) is 101 Å². The largest absolute Gasteiger partial charge is 0.462 e. The Morgan fingerprint density at radius 3 is 2.62 bits per heavy atom. The number of hydrogen-bond acceptors (Lipinski definition) is 6. The molecule has 1 aromatic carbocycles. The van der Waals surface area contributed by atoms with E-state index in [1.807, 2.05) is 19.9 Å². The third-order valence-electron chi connectivity index (χ3n) is 5.01. The Morgan fingerprint density at radius 2 is 1.94 bits per heavy atom. The highest BCUT2D eigenvalue weighted by atomic mass is 16.5. The molecular weight excluding hydrogens is 408 g/mol. The van der Waals surface area contributed by atoms with Gasteiger partial charge >= 0.3 is 5.97 Å². The number of ether oxygens (including phenoxy) is 1. The number of benzene rings is 1. The molecule has 0 saturated carbocycles. The van der Waals surface area contributed by atoms with Gasteiger partial charge in [0.2, 0.25) is 0 Å². The molecule has 1 aliphatic rings. The van der Waals surface area contributed by atoms with Crippen LogP contribution in [-0.2, 0) is 14.3 Å². The van der Waals surface area contributed by atoms with Crippen molar-refractivity contribution in [1.82, 2.24) is 4.90 Å². The van der Waals surface area contributed by atoms with Crippen LogP contribution in [0.4, 0.5) is 0 Å². The van der Waals surface area contributed by atoms with Gasteiger partial charge in [0.05, 0.1) is 12.2 Å². The van der Waals surface area contributed by atoms with E-state index in [1.165, 1.54) is 6.08 Å². The van der Waals surface area contributed by atoms with Crippen molar-refractivity contribution in [2.24, 2.45) is 0 Å². The molecule has 0 spiro atoms. The Morgan fingerprint density at radius 1 is 1.16 bits per heavy atom. The molecule has 0 saturated heterocycles. The fraction of sp³-hybridized carbons (Fsp3) is 0.280. The highest BCUT2D eigenvalue weighted by Crippen LogP contribution is 2.29. The van der Waals surface area contributed by atoms with Gasteiger partial charge in [-0.3, -0.25) is 14.5 Å². The van der Waals surface area contributed by atoms with Gasteiger partial charge in [-0.1, -0.05) is 26.0 Å². The summed E-state index contributed by atoms with van der Waals surface area (Å²) < 4.78 is 11.1. The van der Waals surface area contributed by atoms with Crippen molar-refractivity contribution in [3.8, 4) is 17.4 Å². The molecule has 1 aliphatic heterocycles. The van der Waals surface area contributed by atoms with Crippen molar-refractivity contribution in [3.63, 3.8) is 0 Å². The maximum Gasteiger partial charge on any atom is 0.338 e. The van der Waals surface area contributed by atoms with Gasteiger partial charge in [-0.15, -0.1) is 0 Å². The summed E-state index contributed by atoms with van der Waals surface area (Å²) in [5, 5.41) is 9.41. The molecule has 0 unspecified atom stereocenters. The molecule has 2 heterocycles. The Kier molecular flexibility index (Phi) is 7.06. The van der Waals surface area contributed by atoms with Crippen molar-refractivity contribution in [2.75, 3.05) is 13.2 Å². The lowest BCUT2D eigenvalue weighted by Gasteiger charge is -2.26. The van der Waals surface area contributed by atoms with Gasteiger partial charge in [0.15, 0.2) is 0 Å². The molecule has 0 bridgehead atoms. The fourth-order valence-corrected chi connectivity index (χ4v) is 3.36. The normalized spacial score (nSPS) is 15.3. The molecule has 3 rings (SSSR count). The lowest BCUT2D eigenvalue weighted by molar-refractivity contribution is -0.140. The van der Waals surface area contributed by atoms with Crippen LogP contribution < -0.4 is 0 Å². The molecule has 2 amide bonds. The summed E-state index contributed by atoms with van der Waals surface area (Å²) in [5.41, 5.74) is 1.62. The molecule has 164 valence electrons. The van der Waals surface area contributed by atoms with Gasteiger partial charge < -0.3 is 9.15 Å². The third kappa shape index (κ3) is 4.54. The zero-order valence-corrected chi connectivity index (χ0v) is 18.3. The molecule has 0 atom stereocenters. The van der Waals surface area contributed by atoms with Crippen molar-refractivity contribution in [1.29, 1.82) is 5.26 Å². The van der Waals surface area contributed by atoms with E-state index in [0.29, 0.717) is 41.2 Å². The van der Waals surface area contributed by atoms with Crippen LogP contribution in [0, 0.1) is 11.3 Å². The number of amides is 2. The number of hydrogen-bond donors (Lipinski definition) is 0. The van der Waals surface area contributed by atoms with Crippen LogP contribution in [0.2, 0.25) is 0 Å².